The number of aryl methyl sites for hydroxylation is 1. The first-order chi connectivity index (χ1) is 7.19. The molecule has 3 nitrogen and oxygen atoms in total. The zero-order valence-corrected chi connectivity index (χ0v) is 9.41. The summed E-state index contributed by atoms with van der Waals surface area (Å²) < 4.78 is 4.95. The van der Waals surface area contributed by atoms with Gasteiger partial charge in [-0.1, -0.05) is 25.1 Å². The highest BCUT2D eigenvalue weighted by atomic mass is 16.5. The fourth-order valence-electron chi connectivity index (χ4n) is 1.29. The second kappa shape index (κ2) is 5.51. The largest absolute Gasteiger partial charge is 0.372 e. The first-order valence-corrected chi connectivity index (χ1v) is 5.10. The number of amides is 1. The number of rotatable bonds is 4. The number of anilines is 1. The second-order valence-corrected chi connectivity index (χ2v) is 3.38. The molecule has 3 heteroatoms. The molecule has 0 saturated carbocycles. The fourth-order valence-corrected chi connectivity index (χ4v) is 1.29. The van der Waals surface area contributed by atoms with Crippen molar-refractivity contribution in [1.29, 1.82) is 0 Å². The molecule has 1 atom stereocenters. The van der Waals surface area contributed by atoms with Crippen molar-refractivity contribution in [2.45, 2.75) is 26.4 Å². The van der Waals surface area contributed by atoms with Crippen LogP contribution in [0.25, 0.3) is 0 Å². The van der Waals surface area contributed by atoms with Crippen molar-refractivity contribution in [2.24, 2.45) is 0 Å². The monoisotopic (exact) mass is 207 g/mol. The van der Waals surface area contributed by atoms with Crippen LogP contribution in [-0.2, 0) is 16.0 Å². The van der Waals surface area contributed by atoms with Crippen LogP contribution in [0.15, 0.2) is 24.3 Å². The summed E-state index contributed by atoms with van der Waals surface area (Å²) in [6.45, 7) is 3.79. The molecule has 0 aliphatic heterocycles. The van der Waals surface area contributed by atoms with Crippen molar-refractivity contribution < 1.29 is 9.53 Å². The Morgan fingerprint density at radius 1 is 1.47 bits per heavy atom. The smallest absolute Gasteiger partial charge is 0.253 e. The summed E-state index contributed by atoms with van der Waals surface area (Å²) in [4.78, 5) is 11.6. The number of benzene rings is 1. The third-order valence-corrected chi connectivity index (χ3v) is 2.38. The van der Waals surface area contributed by atoms with Crippen LogP contribution in [0.4, 0.5) is 5.69 Å². The summed E-state index contributed by atoms with van der Waals surface area (Å²) in [5.41, 5.74) is 2.00. The van der Waals surface area contributed by atoms with Crippen LogP contribution < -0.4 is 5.32 Å². The van der Waals surface area contributed by atoms with Crippen LogP contribution >= 0.6 is 0 Å². The normalized spacial score (nSPS) is 12.2. The van der Waals surface area contributed by atoms with Gasteiger partial charge in [0.1, 0.15) is 6.10 Å². The number of methoxy groups -OCH3 is 1. The third kappa shape index (κ3) is 3.06. The lowest BCUT2D eigenvalue weighted by Gasteiger charge is -2.12. The molecule has 0 spiro atoms. The van der Waals surface area contributed by atoms with Gasteiger partial charge in [-0.15, -0.1) is 0 Å². The van der Waals surface area contributed by atoms with Gasteiger partial charge in [0.15, 0.2) is 0 Å². The number of hydrogen-bond donors (Lipinski definition) is 1. The molecule has 1 aromatic carbocycles. The molecule has 1 rings (SSSR count). The Morgan fingerprint density at radius 3 is 2.73 bits per heavy atom. The van der Waals surface area contributed by atoms with E-state index in [1.807, 2.05) is 24.3 Å². The number of carbonyl (C=O) groups excluding carboxylic acids is 1. The van der Waals surface area contributed by atoms with Crippen LogP contribution in [0, 0.1) is 0 Å². The molecule has 15 heavy (non-hydrogen) atoms. The minimum absolute atomic E-state index is 0.113. The fraction of sp³-hybridized carbons (Fsp3) is 0.417. The van der Waals surface area contributed by atoms with Crippen molar-refractivity contribution in [3.8, 4) is 0 Å². The summed E-state index contributed by atoms with van der Waals surface area (Å²) >= 11 is 0. The van der Waals surface area contributed by atoms with Crippen LogP contribution in [0.5, 0.6) is 0 Å². The highest BCUT2D eigenvalue weighted by Crippen LogP contribution is 2.15. The maximum atomic E-state index is 11.6. The van der Waals surface area contributed by atoms with E-state index < -0.39 is 6.10 Å². The van der Waals surface area contributed by atoms with Crippen LogP contribution in [0.1, 0.15) is 19.4 Å². The Bertz CT molecular complexity index is 336. The molecule has 1 unspecified atom stereocenters. The van der Waals surface area contributed by atoms with Gasteiger partial charge >= 0.3 is 0 Å². The van der Waals surface area contributed by atoms with E-state index >= 15 is 0 Å². The van der Waals surface area contributed by atoms with Gasteiger partial charge in [-0.25, -0.2) is 0 Å². The molecule has 1 N–H and O–H groups in total. The lowest BCUT2D eigenvalue weighted by molar-refractivity contribution is -0.124. The Labute approximate surface area is 90.4 Å². The van der Waals surface area contributed by atoms with E-state index in [9.17, 15) is 4.79 Å². The molecular formula is C12H17NO2. The van der Waals surface area contributed by atoms with Gasteiger partial charge in [0, 0.05) is 12.8 Å². The van der Waals surface area contributed by atoms with Gasteiger partial charge in [-0.05, 0) is 25.0 Å². The zero-order chi connectivity index (χ0) is 11.3. The lowest BCUT2D eigenvalue weighted by Crippen LogP contribution is -2.26. The molecule has 0 bridgehead atoms. The summed E-state index contributed by atoms with van der Waals surface area (Å²) in [6.07, 6.45) is 0.479. The number of ether oxygens (including phenoxy) is 1. The Kier molecular flexibility index (Phi) is 4.31. The van der Waals surface area contributed by atoms with E-state index in [4.69, 9.17) is 4.74 Å². The maximum Gasteiger partial charge on any atom is 0.253 e. The van der Waals surface area contributed by atoms with E-state index in [1.165, 1.54) is 7.11 Å². The predicted molar refractivity (Wildman–Crippen MR) is 60.9 cm³/mol. The van der Waals surface area contributed by atoms with Gasteiger partial charge in [-0.3, -0.25) is 4.79 Å². The molecule has 0 aromatic heterocycles. The zero-order valence-electron chi connectivity index (χ0n) is 9.41. The lowest BCUT2D eigenvalue weighted by atomic mass is 10.1. The number of nitrogens with one attached hydrogen (secondary N) is 1. The van der Waals surface area contributed by atoms with Crippen LogP contribution in [0.2, 0.25) is 0 Å². The predicted octanol–water partition coefficient (Wildman–Crippen LogP) is 2.22. The molecule has 1 amide bonds. The van der Waals surface area contributed by atoms with E-state index in [0.29, 0.717) is 0 Å². The summed E-state index contributed by atoms with van der Waals surface area (Å²) in [6, 6.07) is 7.78. The molecular weight excluding hydrogens is 190 g/mol. The van der Waals surface area contributed by atoms with Crippen molar-refractivity contribution >= 4 is 11.6 Å². The maximum absolute atomic E-state index is 11.6. The highest BCUT2D eigenvalue weighted by molar-refractivity contribution is 5.94. The minimum atomic E-state index is -0.421. The highest BCUT2D eigenvalue weighted by Gasteiger charge is 2.12. The van der Waals surface area contributed by atoms with E-state index in [-0.39, 0.29) is 5.91 Å². The van der Waals surface area contributed by atoms with Gasteiger partial charge in [0.2, 0.25) is 0 Å². The average molecular weight is 207 g/mol. The molecule has 1 aromatic rings. The SMILES string of the molecule is CCc1ccccc1NC(=O)C(C)OC. The molecule has 0 saturated heterocycles. The Morgan fingerprint density at radius 2 is 2.13 bits per heavy atom. The quantitative estimate of drug-likeness (QED) is 0.822. The standard InChI is InChI=1S/C12H17NO2/c1-4-10-7-5-6-8-11(10)13-12(14)9(2)15-3/h5-9H,4H2,1-3H3,(H,13,14). The molecule has 0 aliphatic carbocycles. The molecule has 0 heterocycles. The molecule has 0 aliphatic rings. The van der Waals surface area contributed by atoms with Gasteiger partial charge in [0.05, 0.1) is 0 Å². The van der Waals surface area contributed by atoms with Crippen LogP contribution in [-0.4, -0.2) is 19.1 Å². The number of hydrogen-bond acceptors (Lipinski definition) is 2. The third-order valence-electron chi connectivity index (χ3n) is 2.38. The first kappa shape index (κ1) is 11.7. The average Bonchev–Trinajstić information content (AvgIpc) is 2.28. The van der Waals surface area contributed by atoms with E-state index in [1.54, 1.807) is 6.92 Å². The topological polar surface area (TPSA) is 38.3 Å². The molecule has 0 fully saturated rings. The van der Waals surface area contributed by atoms with Crippen molar-refractivity contribution in [1.82, 2.24) is 0 Å². The number of carbonyl (C=O) groups is 1. The Hall–Kier alpha value is -1.35. The van der Waals surface area contributed by atoms with Gasteiger partial charge in [0.25, 0.3) is 5.91 Å². The van der Waals surface area contributed by atoms with Crippen molar-refractivity contribution in [3.63, 3.8) is 0 Å². The molecule has 82 valence electrons. The van der Waals surface area contributed by atoms with Crippen LogP contribution in [0.3, 0.4) is 0 Å². The van der Waals surface area contributed by atoms with E-state index in [0.717, 1.165) is 17.7 Å². The minimum Gasteiger partial charge on any atom is -0.372 e. The molecule has 0 radical (unpaired) electrons. The van der Waals surface area contributed by atoms with Gasteiger partial charge < -0.3 is 10.1 Å². The summed E-state index contributed by atoms with van der Waals surface area (Å²) in [5, 5.41) is 2.85. The Balaban J connectivity index is 2.76. The van der Waals surface area contributed by atoms with E-state index in [2.05, 4.69) is 12.2 Å². The number of para-hydroxylation sites is 1. The summed E-state index contributed by atoms with van der Waals surface area (Å²) in [7, 11) is 1.52. The van der Waals surface area contributed by atoms with Crippen molar-refractivity contribution in [2.75, 3.05) is 12.4 Å². The first-order valence-electron chi connectivity index (χ1n) is 5.10. The summed E-state index contributed by atoms with van der Waals surface area (Å²) in [5.74, 6) is -0.113. The van der Waals surface area contributed by atoms with Crippen molar-refractivity contribution in [3.05, 3.63) is 29.8 Å². The van der Waals surface area contributed by atoms with Gasteiger partial charge in [-0.2, -0.15) is 0 Å². The second-order valence-electron chi connectivity index (χ2n) is 3.38.